The quantitative estimate of drug-likeness (QED) is 0.839. The maximum absolute atomic E-state index is 12.2. The number of hydrogen-bond acceptors (Lipinski definition) is 3. The summed E-state index contributed by atoms with van der Waals surface area (Å²) in [7, 11) is 0. The molecule has 1 heterocycles. The fourth-order valence-corrected chi connectivity index (χ4v) is 2.79. The number of nitrogens with zero attached hydrogens (tertiary/aromatic N) is 1. The number of benzene rings is 1. The molecule has 0 radical (unpaired) electrons. The number of carbonyl (C=O) groups excluding carboxylic acids is 1. The van der Waals surface area contributed by atoms with Crippen molar-refractivity contribution < 1.29 is 4.79 Å². The van der Waals surface area contributed by atoms with Crippen LogP contribution in [0.2, 0.25) is 5.02 Å². The molecule has 3 N–H and O–H groups in total. The van der Waals surface area contributed by atoms with Crippen LogP contribution in [0.25, 0.3) is 0 Å². The van der Waals surface area contributed by atoms with Gasteiger partial charge in [0.15, 0.2) is 0 Å². The number of nitrogen functional groups attached to an aromatic ring is 1. The monoisotopic (exact) mass is 295 g/mol. The zero-order chi connectivity index (χ0) is 14.5. The fraction of sp³-hybridized carbons (Fsp3) is 0.533. The summed E-state index contributed by atoms with van der Waals surface area (Å²) in [5, 5.41) is 3.41. The molecule has 1 fully saturated rings. The first-order chi connectivity index (χ1) is 9.58. The molecule has 2 rings (SSSR count). The Hall–Kier alpha value is -1.26. The third-order valence-electron chi connectivity index (χ3n) is 3.66. The predicted molar refractivity (Wildman–Crippen MR) is 83.1 cm³/mol. The number of rotatable bonds is 4. The summed E-state index contributed by atoms with van der Waals surface area (Å²) in [6, 6.07) is 5.22. The van der Waals surface area contributed by atoms with Crippen LogP contribution >= 0.6 is 11.6 Å². The molecule has 1 aromatic rings. The summed E-state index contributed by atoms with van der Waals surface area (Å²) >= 11 is 5.94. The standard InChI is InChI=1S/C15H22ClN3O/c1-11(10-19-8-3-2-4-9-19)18-15(20)12-6-5-7-13(16)14(12)17/h5-7,11H,2-4,8-10,17H2,1H3,(H,18,20). The van der Waals surface area contributed by atoms with Gasteiger partial charge >= 0.3 is 0 Å². The Kier molecular flexibility index (Phi) is 5.26. The number of likely N-dealkylation sites (tertiary alicyclic amines) is 1. The summed E-state index contributed by atoms with van der Waals surface area (Å²) in [6.07, 6.45) is 3.82. The van der Waals surface area contributed by atoms with Crippen LogP contribution in [0.3, 0.4) is 0 Å². The Balaban J connectivity index is 1.91. The number of carbonyl (C=O) groups is 1. The van der Waals surface area contributed by atoms with Gasteiger partial charge in [-0.1, -0.05) is 24.1 Å². The third-order valence-corrected chi connectivity index (χ3v) is 3.99. The molecule has 1 atom stereocenters. The lowest BCUT2D eigenvalue weighted by atomic mass is 10.1. The van der Waals surface area contributed by atoms with Crippen molar-refractivity contribution >= 4 is 23.2 Å². The maximum atomic E-state index is 12.2. The van der Waals surface area contributed by atoms with Crippen molar-refractivity contribution in [1.82, 2.24) is 10.2 Å². The number of nitrogens with one attached hydrogen (secondary N) is 1. The number of piperidine rings is 1. The molecular formula is C15H22ClN3O. The zero-order valence-electron chi connectivity index (χ0n) is 11.9. The van der Waals surface area contributed by atoms with E-state index in [9.17, 15) is 4.79 Å². The van der Waals surface area contributed by atoms with Crippen LogP contribution in [-0.4, -0.2) is 36.5 Å². The van der Waals surface area contributed by atoms with Crippen LogP contribution < -0.4 is 11.1 Å². The van der Waals surface area contributed by atoms with E-state index in [0.717, 1.165) is 19.6 Å². The highest BCUT2D eigenvalue weighted by molar-refractivity contribution is 6.33. The minimum Gasteiger partial charge on any atom is -0.397 e. The van der Waals surface area contributed by atoms with E-state index >= 15 is 0 Å². The van der Waals surface area contributed by atoms with Crippen LogP contribution in [0.1, 0.15) is 36.5 Å². The fourth-order valence-electron chi connectivity index (χ4n) is 2.61. The van der Waals surface area contributed by atoms with E-state index in [4.69, 9.17) is 17.3 Å². The maximum Gasteiger partial charge on any atom is 0.253 e. The summed E-state index contributed by atoms with van der Waals surface area (Å²) in [4.78, 5) is 14.6. The molecule has 1 amide bonds. The third kappa shape index (κ3) is 3.87. The average Bonchev–Trinajstić information content (AvgIpc) is 2.42. The number of amides is 1. The van der Waals surface area contributed by atoms with E-state index in [1.165, 1.54) is 19.3 Å². The molecule has 0 saturated carbocycles. The Morgan fingerprint density at radius 2 is 2.10 bits per heavy atom. The van der Waals surface area contributed by atoms with Gasteiger partial charge < -0.3 is 16.0 Å². The molecule has 0 spiro atoms. The molecule has 110 valence electrons. The summed E-state index contributed by atoms with van der Waals surface area (Å²) < 4.78 is 0. The first-order valence-electron chi connectivity index (χ1n) is 7.15. The molecule has 0 bridgehead atoms. The molecule has 5 heteroatoms. The van der Waals surface area contributed by atoms with Crippen LogP contribution in [0, 0.1) is 0 Å². The molecular weight excluding hydrogens is 274 g/mol. The molecule has 1 aliphatic rings. The minimum atomic E-state index is -0.158. The molecule has 1 saturated heterocycles. The van der Waals surface area contributed by atoms with E-state index in [2.05, 4.69) is 10.2 Å². The van der Waals surface area contributed by atoms with Gasteiger partial charge in [-0.2, -0.15) is 0 Å². The molecule has 4 nitrogen and oxygen atoms in total. The number of anilines is 1. The number of hydrogen-bond donors (Lipinski definition) is 2. The second-order valence-corrected chi connectivity index (χ2v) is 5.84. The topological polar surface area (TPSA) is 58.4 Å². The van der Waals surface area contributed by atoms with Gasteiger partial charge in [0, 0.05) is 12.6 Å². The van der Waals surface area contributed by atoms with Gasteiger partial charge in [-0.3, -0.25) is 4.79 Å². The lowest BCUT2D eigenvalue weighted by Gasteiger charge is -2.29. The van der Waals surface area contributed by atoms with Gasteiger partial charge in [-0.25, -0.2) is 0 Å². The Labute approximate surface area is 125 Å². The van der Waals surface area contributed by atoms with Crippen molar-refractivity contribution in [3.05, 3.63) is 28.8 Å². The summed E-state index contributed by atoms with van der Waals surface area (Å²) in [5.41, 5.74) is 6.63. The number of nitrogens with two attached hydrogens (primary N) is 1. The molecule has 1 aliphatic heterocycles. The van der Waals surface area contributed by atoms with Crippen LogP contribution in [0.5, 0.6) is 0 Å². The van der Waals surface area contributed by atoms with Gasteiger partial charge in [-0.15, -0.1) is 0 Å². The summed E-state index contributed by atoms with van der Waals surface area (Å²) in [6.45, 7) is 5.15. The van der Waals surface area contributed by atoms with Crippen molar-refractivity contribution in [2.75, 3.05) is 25.4 Å². The van der Waals surface area contributed by atoms with E-state index in [0.29, 0.717) is 16.3 Å². The number of halogens is 1. The van der Waals surface area contributed by atoms with E-state index in [1.54, 1.807) is 18.2 Å². The van der Waals surface area contributed by atoms with Crippen molar-refractivity contribution in [2.45, 2.75) is 32.2 Å². The second-order valence-electron chi connectivity index (χ2n) is 5.44. The second kappa shape index (κ2) is 6.95. The molecule has 1 aromatic carbocycles. The van der Waals surface area contributed by atoms with E-state index < -0.39 is 0 Å². The van der Waals surface area contributed by atoms with Crippen molar-refractivity contribution in [2.24, 2.45) is 0 Å². The van der Waals surface area contributed by atoms with Gasteiger partial charge in [-0.05, 0) is 45.0 Å². The Morgan fingerprint density at radius 3 is 2.80 bits per heavy atom. The van der Waals surface area contributed by atoms with Crippen LogP contribution in [0.15, 0.2) is 18.2 Å². The molecule has 1 unspecified atom stereocenters. The van der Waals surface area contributed by atoms with Gasteiger partial charge in [0.05, 0.1) is 16.3 Å². The van der Waals surface area contributed by atoms with Crippen LogP contribution in [-0.2, 0) is 0 Å². The lowest BCUT2D eigenvalue weighted by Crippen LogP contribution is -2.43. The normalized spacial score (nSPS) is 17.7. The first kappa shape index (κ1) is 15.1. The highest BCUT2D eigenvalue weighted by Crippen LogP contribution is 2.22. The smallest absolute Gasteiger partial charge is 0.253 e. The highest BCUT2D eigenvalue weighted by Gasteiger charge is 2.17. The van der Waals surface area contributed by atoms with Gasteiger partial charge in [0.1, 0.15) is 0 Å². The van der Waals surface area contributed by atoms with Crippen molar-refractivity contribution in [1.29, 1.82) is 0 Å². The van der Waals surface area contributed by atoms with Gasteiger partial charge in [0.25, 0.3) is 5.91 Å². The summed E-state index contributed by atoms with van der Waals surface area (Å²) in [5.74, 6) is -0.158. The lowest BCUT2D eigenvalue weighted by molar-refractivity contribution is 0.0926. The predicted octanol–water partition coefficient (Wildman–Crippen LogP) is 2.53. The van der Waals surface area contributed by atoms with Crippen molar-refractivity contribution in [3.8, 4) is 0 Å². The minimum absolute atomic E-state index is 0.0963. The molecule has 0 aliphatic carbocycles. The Bertz CT molecular complexity index is 472. The Morgan fingerprint density at radius 1 is 1.40 bits per heavy atom. The number of para-hydroxylation sites is 1. The average molecular weight is 296 g/mol. The highest BCUT2D eigenvalue weighted by atomic mass is 35.5. The van der Waals surface area contributed by atoms with E-state index in [1.807, 2.05) is 6.92 Å². The zero-order valence-corrected chi connectivity index (χ0v) is 12.6. The molecule has 20 heavy (non-hydrogen) atoms. The largest absolute Gasteiger partial charge is 0.397 e. The van der Waals surface area contributed by atoms with Gasteiger partial charge in [0.2, 0.25) is 0 Å². The first-order valence-corrected chi connectivity index (χ1v) is 7.53. The van der Waals surface area contributed by atoms with E-state index in [-0.39, 0.29) is 11.9 Å². The molecule has 0 aromatic heterocycles. The SMILES string of the molecule is CC(CN1CCCCC1)NC(=O)c1cccc(Cl)c1N. The van der Waals surface area contributed by atoms with Crippen molar-refractivity contribution in [3.63, 3.8) is 0 Å². The van der Waals surface area contributed by atoms with Crippen LogP contribution in [0.4, 0.5) is 5.69 Å².